The topological polar surface area (TPSA) is 67.9 Å². The van der Waals surface area contributed by atoms with Crippen LogP contribution in [-0.4, -0.2) is 30.9 Å². The molecule has 0 spiro atoms. The average molecular weight is 457 g/mol. The van der Waals surface area contributed by atoms with Crippen molar-refractivity contribution in [3.05, 3.63) is 94.2 Å². The van der Waals surface area contributed by atoms with Crippen LogP contribution in [0.1, 0.15) is 27.8 Å². The fraction of sp³-hybridized carbons (Fsp3) is 0.214. The first-order valence-electron chi connectivity index (χ1n) is 11.0. The highest BCUT2D eigenvalue weighted by molar-refractivity contribution is 6.36. The summed E-state index contributed by atoms with van der Waals surface area (Å²) in [6.07, 6.45) is 0. The van der Waals surface area contributed by atoms with E-state index in [1.165, 1.54) is 4.90 Å². The molecular formula is C28H28N2O4. The summed E-state index contributed by atoms with van der Waals surface area (Å²) in [6, 6.07) is 18.9. The van der Waals surface area contributed by atoms with Gasteiger partial charge in [0.15, 0.2) is 0 Å². The lowest BCUT2D eigenvalue weighted by atomic mass is 9.97. The molecule has 1 N–H and O–H groups in total. The number of anilines is 1. The van der Waals surface area contributed by atoms with Crippen LogP contribution in [-0.2, 0) is 16.1 Å². The summed E-state index contributed by atoms with van der Waals surface area (Å²) < 4.78 is 10.8. The summed E-state index contributed by atoms with van der Waals surface area (Å²) in [7, 11) is 3.12. The van der Waals surface area contributed by atoms with Crippen LogP contribution in [0, 0.1) is 20.8 Å². The summed E-state index contributed by atoms with van der Waals surface area (Å²) in [5.41, 5.74) is 5.83. The first-order chi connectivity index (χ1) is 16.3. The van der Waals surface area contributed by atoms with Gasteiger partial charge in [-0.2, -0.15) is 0 Å². The number of hydrogen-bond acceptors (Lipinski definition) is 5. The highest BCUT2D eigenvalue weighted by Crippen LogP contribution is 2.36. The maximum atomic E-state index is 13.7. The predicted octanol–water partition coefficient (Wildman–Crippen LogP) is 5.02. The minimum atomic E-state index is -0.384. The molecule has 0 radical (unpaired) electrons. The summed E-state index contributed by atoms with van der Waals surface area (Å²) in [5, 5.41) is 3.19. The van der Waals surface area contributed by atoms with E-state index < -0.39 is 0 Å². The molecule has 1 aliphatic rings. The van der Waals surface area contributed by atoms with Crippen LogP contribution >= 0.6 is 0 Å². The average Bonchev–Trinajstić information content (AvgIpc) is 3.04. The Labute approximate surface area is 199 Å². The SMILES string of the molecule is COc1ccc(OC)c(NC2=C(c3ccc(C)cc3C)C(=O)N(Cc3ccc(C)cc3)C2=O)c1. The number of rotatable bonds is 7. The molecule has 4 rings (SSSR count). The third-order valence-electron chi connectivity index (χ3n) is 5.95. The number of methoxy groups -OCH3 is 2. The van der Waals surface area contributed by atoms with E-state index in [1.54, 1.807) is 32.4 Å². The quantitative estimate of drug-likeness (QED) is 0.506. The molecule has 174 valence electrons. The molecule has 0 aromatic heterocycles. The molecule has 0 bridgehead atoms. The van der Waals surface area contributed by atoms with Gasteiger partial charge in [-0.05, 0) is 49.6 Å². The van der Waals surface area contributed by atoms with Gasteiger partial charge in [0.05, 0.1) is 32.0 Å². The molecule has 3 aromatic carbocycles. The van der Waals surface area contributed by atoms with Gasteiger partial charge in [0.1, 0.15) is 17.2 Å². The number of ether oxygens (including phenoxy) is 2. The van der Waals surface area contributed by atoms with Crippen molar-refractivity contribution in [2.75, 3.05) is 19.5 Å². The second kappa shape index (κ2) is 9.43. The van der Waals surface area contributed by atoms with Crippen LogP contribution < -0.4 is 14.8 Å². The normalized spacial score (nSPS) is 13.5. The lowest BCUT2D eigenvalue weighted by Crippen LogP contribution is -2.32. The molecular weight excluding hydrogens is 428 g/mol. The molecule has 3 aromatic rings. The minimum absolute atomic E-state index is 0.187. The molecule has 6 nitrogen and oxygen atoms in total. The summed E-state index contributed by atoms with van der Waals surface area (Å²) in [4.78, 5) is 28.6. The van der Waals surface area contributed by atoms with E-state index >= 15 is 0 Å². The zero-order chi connectivity index (χ0) is 24.4. The van der Waals surface area contributed by atoms with Crippen molar-refractivity contribution in [2.24, 2.45) is 0 Å². The van der Waals surface area contributed by atoms with Crippen LogP contribution in [0.3, 0.4) is 0 Å². The Morgan fingerprint density at radius 2 is 1.50 bits per heavy atom. The van der Waals surface area contributed by atoms with Crippen LogP contribution in [0.25, 0.3) is 5.57 Å². The van der Waals surface area contributed by atoms with Gasteiger partial charge in [-0.3, -0.25) is 14.5 Å². The Morgan fingerprint density at radius 3 is 2.15 bits per heavy atom. The zero-order valence-corrected chi connectivity index (χ0v) is 20.1. The lowest BCUT2D eigenvalue weighted by molar-refractivity contribution is -0.137. The van der Waals surface area contributed by atoms with E-state index in [9.17, 15) is 9.59 Å². The molecule has 0 unspecified atom stereocenters. The van der Waals surface area contributed by atoms with Gasteiger partial charge in [0.2, 0.25) is 0 Å². The number of carbonyl (C=O) groups is 2. The van der Waals surface area contributed by atoms with Crippen molar-refractivity contribution in [2.45, 2.75) is 27.3 Å². The maximum absolute atomic E-state index is 13.7. The molecule has 34 heavy (non-hydrogen) atoms. The first-order valence-corrected chi connectivity index (χ1v) is 11.0. The molecule has 2 amide bonds. The summed E-state index contributed by atoms with van der Waals surface area (Å²) >= 11 is 0. The van der Waals surface area contributed by atoms with E-state index in [2.05, 4.69) is 5.32 Å². The zero-order valence-electron chi connectivity index (χ0n) is 20.1. The second-order valence-corrected chi connectivity index (χ2v) is 8.44. The van der Waals surface area contributed by atoms with Crippen molar-refractivity contribution >= 4 is 23.1 Å². The van der Waals surface area contributed by atoms with Crippen molar-refractivity contribution in [1.29, 1.82) is 0 Å². The molecule has 1 heterocycles. The number of nitrogens with zero attached hydrogens (tertiary/aromatic N) is 1. The van der Waals surface area contributed by atoms with E-state index in [0.717, 1.165) is 27.8 Å². The number of hydrogen-bond donors (Lipinski definition) is 1. The van der Waals surface area contributed by atoms with E-state index in [1.807, 2.05) is 63.2 Å². The van der Waals surface area contributed by atoms with Crippen molar-refractivity contribution in [1.82, 2.24) is 4.90 Å². The van der Waals surface area contributed by atoms with E-state index in [4.69, 9.17) is 9.47 Å². The third-order valence-corrected chi connectivity index (χ3v) is 5.95. The van der Waals surface area contributed by atoms with Crippen LogP contribution in [0.5, 0.6) is 11.5 Å². The summed E-state index contributed by atoms with van der Waals surface area (Å²) in [6.45, 7) is 6.13. The van der Waals surface area contributed by atoms with Gasteiger partial charge in [-0.25, -0.2) is 0 Å². The van der Waals surface area contributed by atoms with Crippen molar-refractivity contribution in [3.63, 3.8) is 0 Å². The number of amides is 2. The van der Waals surface area contributed by atoms with Crippen LogP contribution in [0.4, 0.5) is 5.69 Å². The summed E-state index contributed by atoms with van der Waals surface area (Å²) in [5.74, 6) is 0.420. The van der Waals surface area contributed by atoms with Crippen LogP contribution in [0.15, 0.2) is 66.4 Å². The molecule has 0 aliphatic carbocycles. The highest BCUT2D eigenvalue weighted by Gasteiger charge is 2.40. The van der Waals surface area contributed by atoms with E-state index in [-0.39, 0.29) is 24.1 Å². The Kier molecular flexibility index (Phi) is 6.41. The molecule has 6 heteroatoms. The van der Waals surface area contributed by atoms with Crippen molar-refractivity contribution in [3.8, 4) is 11.5 Å². The number of benzene rings is 3. The molecule has 0 saturated carbocycles. The molecule has 1 aliphatic heterocycles. The Hall–Kier alpha value is -4.06. The molecule has 0 atom stereocenters. The fourth-order valence-electron chi connectivity index (χ4n) is 4.10. The van der Waals surface area contributed by atoms with Crippen LogP contribution in [0.2, 0.25) is 0 Å². The van der Waals surface area contributed by atoms with Gasteiger partial charge in [0, 0.05) is 6.07 Å². The van der Waals surface area contributed by atoms with Gasteiger partial charge in [0.25, 0.3) is 11.8 Å². The number of aryl methyl sites for hydroxylation is 3. The minimum Gasteiger partial charge on any atom is -0.497 e. The lowest BCUT2D eigenvalue weighted by Gasteiger charge is -2.16. The van der Waals surface area contributed by atoms with Gasteiger partial charge < -0.3 is 14.8 Å². The maximum Gasteiger partial charge on any atom is 0.278 e. The highest BCUT2D eigenvalue weighted by atomic mass is 16.5. The smallest absolute Gasteiger partial charge is 0.278 e. The Bertz CT molecular complexity index is 1290. The third kappa shape index (κ3) is 4.39. The monoisotopic (exact) mass is 456 g/mol. The van der Waals surface area contributed by atoms with Crippen molar-refractivity contribution < 1.29 is 19.1 Å². The number of imide groups is 1. The number of carbonyl (C=O) groups excluding carboxylic acids is 2. The van der Waals surface area contributed by atoms with Gasteiger partial charge >= 0.3 is 0 Å². The second-order valence-electron chi connectivity index (χ2n) is 8.44. The first kappa shape index (κ1) is 23.1. The molecule has 0 fully saturated rings. The largest absolute Gasteiger partial charge is 0.497 e. The number of nitrogens with one attached hydrogen (secondary N) is 1. The van der Waals surface area contributed by atoms with Gasteiger partial charge in [-0.1, -0.05) is 53.6 Å². The standard InChI is InChI=1S/C28H28N2O4/c1-17-6-9-20(10-7-17)16-30-27(31)25(22-12-8-18(2)14-19(22)3)26(28(30)32)29-23-15-21(33-4)11-13-24(23)34-5/h6-15,29H,16H2,1-5H3. The molecule has 0 saturated heterocycles. The Balaban J connectivity index is 1.81. The fourth-order valence-corrected chi connectivity index (χ4v) is 4.10. The Morgan fingerprint density at radius 1 is 0.794 bits per heavy atom. The van der Waals surface area contributed by atoms with E-state index in [0.29, 0.717) is 22.8 Å². The predicted molar refractivity (Wildman–Crippen MR) is 133 cm³/mol. The van der Waals surface area contributed by atoms with Gasteiger partial charge in [-0.15, -0.1) is 0 Å².